The lowest BCUT2D eigenvalue weighted by atomic mass is 10.4. The zero-order chi connectivity index (χ0) is 9.61. The van der Waals surface area contributed by atoms with Gasteiger partial charge in [-0.15, -0.1) is 0 Å². The van der Waals surface area contributed by atoms with Gasteiger partial charge < -0.3 is 9.05 Å². The minimum atomic E-state index is -2.45. The van der Waals surface area contributed by atoms with Gasteiger partial charge in [-0.05, 0) is 32.1 Å². The molecule has 0 saturated carbocycles. The molecule has 12 heavy (non-hydrogen) atoms. The van der Waals surface area contributed by atoms with Crippen molar-refractivity contribution in [2.75, 3.05) is 6.61 Å². The summed E-state index contributed by atoms with van der Waals surface area (Å²) in [5.74, 6) is 0. The Hall–Kier alpha value is 0.530. The van der Waals surface area contributed by atoms with Crippen LogP contribution in [0, 0.1) is 0 Å². The summed E-state index contributed by atoms with van der Waals surface area (Å²) in [4.78, 5) is 0. The van der Waals surface area contributed by atoms with Crippen molar-refractivity contribution in [3.63, 3.8) is 0 Å². The van der Waals surface area contributed by atoms with Crippen LogP contribution in [0.15, 0.2) is 0 Å². The fourth-order valence-electron chi connectivity index (χ4n) is 0.660. The van der Waals surface area contributed by atoms with E-state index in [1.54, 1.807) is 0 Å². The van der Waals surface area contributed by atoms with Crippen LogP contribution in [0.5, 0.6) is 0 Å². The van der Waals surface area contributed by atoms with Crippen LogP contribution in [0.25, 0.3) is 0 Å². The molecule has 0 aromatic rings. The normalized spacial score (nSPS) is 16.4. The summed E-state index contributed by atoms with van der Waals surface area (Å²) in [5.41, 5.74) is 5.64. The molecular formula is C7H18NO2PS. The maximum atomic E-state index is 5.64. The van der Waals surface area contributed by atoms with Crippen molar-refractivity contribution in [1.82, 2.24) is 0 Å². The molecule has 1 unspecified atom stereocenters. The Morgan fingerprint density at radius 1 is 1.50 bits per heavy atom. The van der Waals surface area contributed by atoms with Gasteiger partial charge in [0.1, 0.15) is 0 Å². The van der Waals surface area contributed by atoms with E-state index < -0.39 is 6.64 Å². The summed E-state index contributed by atoms with van der Waals surface area (Å²) in [6.07, 6.45) is 2.11. The molecule has 0 spiro atoms. The standard InChI is InChI=1S/C7H18NO2PS/c1-4-5-6-9-11(8,12)10-7(2)3/h7H,4-6H2,1-3H3,(H2,8,12). The molecule has 0 aromatic carbocycles. The van der Waals surface area contributed by atoms with Crippen molar-refractivity contribution in [3.8, 4) is 0 Å². The molecule has 5 heteroatoms. The quantitative estimate of drug-likeness (QED) is 0.541. The number of hydrogen-bond donors (Lipinski definition) is 1. The van der Waals surface area contributed by atoms with Crippen molar-refractivity contribution >= 4 is 18.4 Å². The molecule has 0 aromatic heterocycles. The number of rotatable bonds is 6. The van der Waals surface area contributed by atoms with Crippen LogP contribution < -0.4 is 5.50 Å². The molecule has 2 N–H and O–H groups in total. The first-order valence-electron chi connectivity index (χ1n) is 4.19. The first-order valence-corrected chi connectivity index (χ1v) is 6.90. The van der Waals surface area contributed by atoms with E-state index in [0.29, 0.717) is 6.61 Å². The lowest BCUT2D eigenvalue weighted by molar-refractivity contribution is 0.202. The predicted molar refractivity (Wildman–Crippen MR) is 55.6 cm³/mol. The summed E-state index contributed by atoms with van der Waals surface area (Å²) in [6, 6.07) is 0. The van der Waals surface area contributed by atoms with E-state index in [0.717, 1.165) is 12.8 Å². The highest BCUT2D eigenvalue weighted by molar-refractivity contribution is 8.08. The third kappa shape index (κ3) is 7.19. The van der Waals surface area contributed by atoms with E-state index in [-0.39, 0.29) is 6.10 Å². The minimum Gasteiger partial charge on any atom is -0.318 e. The van der Waals surface area contributed by atoms with Gasteiger partial charge in [0.05, 0.1) is 12.7 Å². The van der Waals surface area contributed by atoms with E-state index in [2.05, 4.69) is 6.92 Å². The monoisotopic (exact) mass is 211 g/mol. The summed E-state index contributed by atoms with van der Waals surface area (Å²) in [6.45, 7) is 4.05. The summed E-state index contributed by atoms with van der Waals surface area (Å²) in [5, 5.41) is 0. The van der Waals surface area contributed by atoms with Gasteiger partial charge in [-0.1, -0.05) is 13.3 Å². The Morgan fingerprint density at radius 3 is 2.50 bits per heavy atom. The maximum Gasteiger partial charge on any atom is 0.258 e. The van der Waals surface area contributed by atoms with Gasteiger partial charge in [0.25, 0.3) is 6.64 Å². The minimum absolute atomic E-state index is 0.0439. The number of hydrogen-bond acceptors (Lipinski definition) is 3. The second kappa shape index (κ2) is 6.06. The average molecular weight is 211 g/mol. The molecule has 0 amide bonds. The van der Waals surface area contributed by atoms with Crippen LogP contribution in [0.2, 0.25) is 0 Å². The second-order valence-corrected chi connectivity index (χ2v) is 5.96. The van der Waals surface area contributed by atoms with E-state index in [4.69, 9.17) is 26.4 Å². The lowest BCUT2D eigenvalue weighted by Crippen LogP contribution is -2.09. The van der Waals surface area contributed by atoms with E-state index in [1.165, 1.54) is 0 Å². The molecule has 0 aliphatic rings. The molecule has 0 rings (SSSR count). The van der Waals surface area contributed by atoms with Crippen LogP contribution in [0.4, 0.5) is 0 Å². The summed E-state index contributed by atoms with van der Waals surface area (Å²) < 4.78 is 10.5. The Balaban J connectivity index is 3.64. The van der Waals surface area contributed by atoms with E-state index >= 15 is 0 Å². The fourth-order valence-corrected chi connectivity index (χ4v) is 2.43. The largest absolute Gasteiger partial charge is 0.318 e. The van der Waals surface area contributed by atoms with Gasteiger partial charge in [0.2, 0.25) is 0 Å². The molecule has 0 saturated heterocycles. The van der Waals surface area contributed by atoms with Crippen molar-refractivity contribution < 1.29 is 9.05 Å². The van der Waals surface area contributed by atoms with Gasteiger partial charge in [-0.3, -0.25) is 5.50 Å². The van der Waals surface area contributed by atoms with Crippen molar-refractivity contribution in [2.24, 2.45) is 5.50 Å². The topological polar surface area (TPSA) is 44.5 Å². The van der Waals surface area contributed by atoms with Gasteiger partial charge in [0, 0.05) is 0 Å². The Labute approximate surface area is 79.8 Å². The third-order valence-electron chi connectivity index (χ3n) is 1.13. The summed E-state index contributed by atoms with van der Waals surface area (Å²) in [7, 11) is 0. The van der Waals surface area contributed by atoms with Gasteiger partial charge in [-0.25, -0.2) is 0 Å². The smallest absolute Gasteiger partial charge is 0.258 e. The van der Waals surface area contributed by atoms with E-state index in [1.807, 2.05) is 13.8 Å². The molecular weight excluding hydrogens is 193 g/mol. The van der Waals surface area contributed by atoms with Gasteiger partial charge in [0.15, 0.2) is 0 Å². The fraction of sp³-hybridized carbons (Fsp3) is 1.00. The van der Waals surface area contributed by atoms with Crippen LogP contribution >= 0.6 is 6.64 Å². The third-order valence-corrected chi connectivity index (χ3v) is 2.96. The van der Waals surface area contributed by atoms with Gasteiger partial charge >= 0.3 is 0 Å². The first kappa shape index (κ1) is 12.5. The van der Waals surface area contributed by atoms with Gasteiger partial charge in [-0.2, -0.15) is 0 Å². The van der Waals surface area contributed by atoms with Crippen LogP contribution in [-0.4, -0.2) is 12.7 Å². The van der Waals surface area contributed by atoms with Crippen molar-refractivity contribution in [2.45, 2.75) is 39.7 Å². The molecule has 0 bridgehead atoms. The maximum absolute atomic E-state index is 5.64. The SMILES string of the molecule is CCCCOP(N)(=S)OC(C)C. The Morgan fingerprint density at radius 2 is 2.08 bits per heavy atom. The molecule has 0 heterocycles. The summed E-state index contributed by atoms with van der Waals surface area (Å²) >= 11 is 4.98. The Bertz CT molecular complexity index is 163. The van der Waals surface area contributed by atoms with Crippen LogP contribution in [-0.2, 0) is 20.9 Å². The highest BCUT2D eigenvalue weighted by Crippen LogP contribution is 2.40. The number of nitrogens with two attached hydrogens (primary N) is 1. The molecule has 0 aliphatic carbocycles. The molecule has 74 valence electrons. The average Bonchev–Trinajstić information content (AvgIpc) is 1.84. The van der Waals surface area contributed by atoms with Crippen molar-refractivity contribution in [3.05, 3.63) is 0 Å². The first-order chi connectivity index (χ1) is 5.48. The molecule has 0 aliphatic heterocycles. The molecule has 3 nitrogen and oxygen atoms in total. The zero-order valence-electron chi connectivity index (χ0n) is 7.95. The predicted octanol–water partition coefficient (Wildman–Crippen LogP) is 2.41. The van der Waals surface area contributed by atoms with Crippen LogP contribution in [0.3, 0.4) is 0 Å². The second-order valence-electron chi connectivity index (χ2n) is 2.88. The molecule has 0 fully saturated rings. The van der Waals surface area contributed by atoms with Crippen LogP contribution in [0.1, 0.15) is 33.6 Å². The zero-order valence-corrected chi connectivity index (χ0v) is 9.66. The Kier molecular flexibility index (Phi) is 6.32. The number of unbranched alkanes of at least 4 members (excludes halogenated alkanes) is 1. The molecule has 0 radical (unpaired) electrons. The lowest BCUT2D eigenvalue weighted by Gasteiger charge is -2.19. The van der Waals surface area contributed by atoms with E-state index in [9.17, 15) is 0 Å². The molecule has 1 atom stereocenters. The highest BCUT2D eigenvalue weighted by atomic mass is 32.5. The highest BCUT2D eigenvalue weighted by Gasteiger charge is 2.13. The van der Waals surface area contributed by atoms with Crippen molar-refractivity contribution in [1.29, 1.82) is 0 Å².